The number of hydrogen-bond acceptors (Lipinski definition) is 9. The Morgan fingerprint density at radius 1 is 0.920 bits per heavy atom. The lowest BCUT2D eigenvalue weighted by atomic mass is 9.85. The van der Waals surface area contributed by atoms with Gasteiger partial charge in [-0.3, -0.25) is 8.98 Å². The Balaban J connectivity index is 1.42. The van der Waals surface area contributed by atoms with Gasteiger partial charge < -0.3 is 23.7 Å². The third-order valence-electron chi connectivity index (χ3n) is 11.1. The van der Waals surface area contributed by atoms with Crippen LogP contribution in [0.2, 0.25) is 0 Å². The van der Waals surface area contributed by atoms with Crippen LogP contribution in [-0.2, 0) is 42.8 Å². The molecular formula is C40H60O9S. The molecule has 50 heavy (non-hydrogen) atoms. The van der Waals surface area contributed by atoms with Crippen LogP contribution in [0.15, 0.2) is 53.5 Å². The molecule has 2 aliphatic carbocycles. The summed E-state index contributed by atoms with van der Waals surface area (Å²) in [5, 5.41) is 0. The van der Waals surface area contributed by atoms with Crippen LogP contribution in [-0.4, -0.2) is 65.6 Å². The maximum absolute atomic E-state index is 13.7. The van der Waals surface area contributed by atoms with Crippen LogP contribution in [0.3, 0.4) is 0 Å². The van der Waals surface area contributed by atoms with E-state index in [1.54, 1.807) is 24.3 Å². The van der Waals surface area contributed by atoms with Crippen molar-refractivity contribution in [2.45, 2.75) is 146 Å². The first-order valence-electron chi connectivity index (χ1n) is 19.2. The number of methoxy groups -OCH3 is 1. The molecule has 0 radical (unpaired) electrons. The van der Waals surface area contributed by atoms with Gasteiger partial charge in [0.25, 0.3) is 10.1 Å². The zero-order valence-corrected chi connectivity index (χ0v) is 31.2. The average Bonchev–Trinajstić information content (AvgIpc) is 3.77. The van der Waals surface area contributed by atoms with E-state index in [4.69, 9.17) is 27.9 Å². The molecule has 4 aliphatic rings. The normalized spacial score (nSPS) is 29.5. The summed E-state index contributed by atoms with van der Waals surface area (Å²) in [4.78, 5) is 11.8. The summed E-state index contributed by atoms with van der Waals surface area (Å²) >= 11 is 0. The van der Waals surface area contributed by atoms with Gasteiger partial charge in [-0.05, 0) is 94.6 Å². The van der Waals surface area contributed by atoms with Gasteiger partial charge in [0.2, 0.25) is 0 Å². The first-order valence-corrected chi connectivity index (χ1v) is 20.6. The van der Waals surface area contributed by atoms with E-state index in [0.717, 1.165) is 57.1 Å². The number of benzene rings is 1. The molecule has 2 saturated carbocycles. The fourth-order valence-electron chi connectivity index (χ4n) is 8.02. The molecule has 3 unspecified atom stereocenters. The predicted octanol–water partition coefficient (Wildman–Crippen LogP) is 8.20. The van der Waals surface area contributed by atoms with E-state index in [2.05, 4.69) is 31.2 Å². The van der Waals surface area contributed by atoms with Crippen molar-refractivity contribution in [1.82, 2.24) is 0 Å². The minimum atomic E-state index is -4.03. The van der Waals surface area contributed by atoms with Gasteiger partial charge in [0.15, 0.2) is 12.6 Å². The number of ether oxygens (including phenoxy) is 5. The Labute approximate surface area is 300 Å². The molecule has 0 bridgehead atoms. The molecule has 10 heteroatoms. The Bertz CT molecular complexity index is 1320. The van der Waals surface area contributed by atoms with Crippen molar-refractivity contribution in [3.05, 3.63) is 54.1 Å². The van der Waals surface area contributed by atoms with Crippen LogP contribution >= 0.6 is 0 Å². The summed E-state index contributed by atoms with van der Waals surface area (Å²) in [5.41, 5.74) is 0.980. The van der Waals surface area contributed by atoms with E-state index < -0.39 is 16.2 Å². The Morgan fingerprint density at radius 3 is 2.26 bits per heavy atom. The van der Waals surface area contributed by atoms with Gasteiger partial charge in [-0.15, -0.1) is 0 Å². The van der Waals surface area contributed by atoms with Crippen LogP contribution in [0.25, 0.3) is 0 Å². The molecule has 1 aromatic rings. The summed E-state index contributed by atoms with van der Waals surface area (Å²) in [6.45, 7) is 5.62. The number of carbonyl (C=O) groups is 1. The zero-order valence-electron chi connectivity index (χ0n) is 30.4. The SMILES string of the molecule is COC(=O)CCCC=CC[C@@H]1[C@@H](C=C[C@H](OC2CCCCO2)C(C)C2CCCC2)[C@H](OC2CCCCO2)C[C@H]1OS(=O)(=O)c1ccc(C)cc1. The molecule has 2 saturated heterocycles. The highest BCUT2D eigenvalue weighted by Gasteiger charge is 2.46. The van der Waals surface area contributed by atoms with Crippen molar-refractivity contribution in [2.24, 2.45) is 23.7 Å². The van der Waals surface area contributed by atoms with Crippen LogP contribution in [0, 0.1) is 30.6 Å². The standard InChI is InChI=1S/C40H60O9S/c1-29-20-22-32(23-21-29)50(42,43)49-37-28-36(48-40-19-11-13-27-46-40)34(33(37)16-6-4-5-7-17-38(41)44-3)24-25-35(30(2)31-14-8-9-15-31)47-39-18-10-12-26-45-39/h4,6,20-25,30-31,33-37,39-40H,5,7-19,26-28H2,1-3H3/t30?,33-,34-,35+,36-,37-,39?,40?/m1/s1. The fraction of sp³-hybridized carbons (Fsp3) is 0.725. The first kappa shape index (κ1) is 39.1. The molecule has 1 aromatic carbocycles. The summed E-state index contributed by atoms with van der Waals surface area (Å²) in [6, 6.07) is 6.80. The van der Waals surface area contributed by atoms with Crippen molar-refractivity contribution in [1.29, 1.82) is 0 Å². The van der Waals surface area contributed by atoms with Crippen LogP contribution in [0.5, 0.6) is 0 Å². The average molecular weight is 717 g/mol. The van der Waals surface area contributed by atoms with E-state index in [1.807, 2.05) is 6.92 Å². The largest absolute Gasteiger partial charge is 0.469 e. The lowest BCUT2D eigenvalue weighted by Gasteiger charge is -2.33. The number of allylic oxidation sites excluding steroid dienone is 2. The topological polar surface area (TPSA) is 107 Å². The third-order valence-corrected chi connectivity index (χ3v) is 12.4. The summed E-state index contributed by atoms with van der Waals surface area (Å²) < 4.78 is 63.8. The number of unbranched alkanes of at least 4 members (excludes halogenated alkanes) is 1. The smallest absolute Gasteiger partial charge is 0.305 e. The molecular weight excluding hydrogens is 656 g/mol. The van der Waals surface area contributed by atoms with Gasteiger partial charge in [0, 0.05) is 32.0 Å². The van der Waals surface area contributed by atoms with Gasteiger partial charge in [-0.25, -0.2) is 0 Å². The second-order valence-corrected chi connectivity index (χ2v) is 16.3. The zero-order chi connectivity index (χ0) is 35.3. The van der Waals surface area contributed by atoms with Gasteiger partial charge in [0.1, 0.15) is 0 Å². The maximum atomic E-state index is 13.7. The lowest BCUT2D eigenvalue weighted by Crippen LogP contribution is -2.34. The minimum absolute atomic E-state index is 0.126. The molecule has 5 rings (SSSR count). The summed E-state index contributed by atoms with van der Waals surface area (Å²) in [5.74, 6) is 0.391. The van der Waals surface area contributed by atoms with Gasteiger partial charge in [-0.2, -0.15) is 8.42 Å². The number of rotatable bonds is 17. The van der Waals surface area contributed by atoms with E-state index in [1.165, 1.54) is 32.8 Å². The molecule has 280 valence electrons. The molecule has 2 aliphatic heterocycles. The molecule has 2 heterocycles. The van der Waals surface area contributed by atoms with E-state index in [-0.39, 0.29) is 47.5 Å². The second kappa shape index (κ2) is 19.7. The first-order chi connectivity index (χ1) is 24.2. The Hall–Kier alpha value is -2.08. The highest BCUT2D eigenvalue weighted by molar-refractivity contribution is 7.86. The van der Waals surface area contributed by atoms with Gasteiger partial charge >= 0.3 is 5.97 Å². The number of hydrogen-bond donors (Lipinski definition) is 0. The van der Waals surface area contributed by atoms with Gasteiger partial charge in [-0.1, -0.05) is 74.6 Å². The maximum Gasteiger partial charge on any atom is 0.305 e. The van der Waals surface area contributed by atoms with Crippen molar-refractivity contribution in [3.8, 4) is 0 Å². The molecule has 0 spiro atoms. The van der Waals surface area contributed by atoms with Crippen LogP contribution < -0.4 is 0 Å². The molecule has 4 fully saturated rings. The number of esters is 1. The number of carbonyl (C=O) groups excluding carboxylic acids is 1. The fourth-order valence-corrected chi connectivity index (χ4v) is 9.15. The monoisotopic (exact) mass is 716 g/mol. The molecule has 0 amide bonds. The van der Waals surface area contributed by atoms with Crippen LogP contribution in [0.1, 0.15) is 109 Å². The van der Waals surface area contributed by atoms with E-state index >= 15 is 0 Å². The second-order valence-electron chi connectivity index (χ2n) is 14.7. The molecule has 0 N–H and O–H groups in total. The molecule has 9 nitrogen and oxygen atoms in total. The summed E-state index contributed by atoms with van der Waals surface area (Å²) in [7, 11) is -2.62. The Kier molecular flexibility index (Phi) is 15.4. The van der Waals surface area contributed by atoms with Crippen molar-refractivity contribution < 1.29 is 41.1 Å². The van der Waals surface area contributed by atoms with Crippen molar-refractivity contribution >= 4 is 16.1 Å². The quantitative estimate of drug-likeness (QED) is 0.0683. The van der Waals surface area contributed by atoms with E-state index in [9.17, 15) is 13.2 Å². The minimum Gasteiger partial charge on any atom is -0.469 e. The third kappa shape index (κ3) is 11.5. The molecule has 0 aromatic heterocycles. The van der Waals surface area contributed by atoms with Crippen LogP contribution in [0.4, 0.5) is 0 Å². The lowest BCUT2D eigenvalue weighted by molar-refractivity contribution is -0.193. The van der Waals surface area contributed by atoms with E-state index in [0.29, 0.717) is 44.1 Å². The predicted molar refractivity (Wildman–Crippen MR) is 192 cm³/mol. The summed E-state index contributed by atoms with van der Waals surface area (Å²) in [6.07, 6.45) is 20.7. The molecule has 8 atom stereocenters. The highest BCUT2D eigenvalue weighted by Crippen LogP contribution is 2.43. The van der Waals surface area contributed by atoms with Gasteiger partial charge in [0.05, 0.1) is 30.3 Å². The highest BCUT2D eigenvalue weighted by atomic mass is 32.2. The van der Waals surface area contributed by atoms with Crippen molar-refractivity contribution in [3.63, 3.8) is 0 Å². The Morgan fingerprint density at radius 2 is 1.60 bits per heavy atom. The van der Waals surface area contributed by atoms with Crippen molar-refractivity contribution in [2.75, 3.05) is 20.3 Å². The number of aryl methyl sites for hydroxylation is 1.